The zero-order chi connectivity index (χ0) is 15.0. The van der Waals surface area contributed by atoms with Crippen molar-refractivity contribution in [3.63, 3.8) is 0 Å². The summed E-state index contributed by atoms with van der Waals surface area (Å²) in [4.78, 5) is 18.2. The largest absolute Gasteiger partial charge is 0.461 e. The van der Waals surface area contributed by atoms with Crippen LogP contribution in [0.2, 0.25) is 0 Å². The highest BCUT2D eigenvalue weighted by Gasteiger charge is 2.36. The van der Waals surface area contributed by atoms with Crippen LogP contribution in [0.15, 0.2) is 27.3 Å². The number of rotatable bonds is 3. The van der Waals surface area contributed by atoms with Crippen molar-refractivity contribution in [2.24, 2.45) is 5.41 Å². The summed E-state index contributed by atoms with van der Waals surface area (Å²) >= 11 is 0. The average molecular weight is 289 g/mol. The molecule has 3 rings (SSSR count). The normalized spacial score (nSPS) is 16.0. The van der Waals surface area contributed by atoms with Crippen LogP contribution in [-0.4, -0.2) is 34.0 Å². The van der Waals surface area contributed by atoms with Crippen LogP contribution < -0.4 is 0 Å². The smallest absolute Gasteiger partial charge is 0.238 e. The Kier molecular flexibility index (Phi) is 3.31. The van der Waals surface area contributed by atoms with E-state index in [1.165, 1.54) is 0 Å². The molecule has 0 radical (unpaired) electrons. The molecule has 0 unspecified atom stereocenters. The summed E-state index contributed by atoms with van der Waals surface area (Å²) in [6, 6.07) is 3.57. The molecule has 112 valence electrons. The van der Waals surface area contributed by atoms with Gasteiger partial charge >= 0.3 is 0 Å². The van der Waals surface area contributed by atoms with E-state index in [0.29, 0.717) is 37.0 Å². The molecule has 1 amide bonds. The molecule has 0 N–H and O–H groups in total. The van der Waals surface area contributed by atoms with E-state index in [2.05, 4.69) is 30.9 Å². The van der Waals surface area contributed by atoms with Crippen LogP contribution >= 0.6 is 0 Å². The van der Waals surface area contributed by atoms with Gasteiger partial charge in [-0.25, -0.2) is 0 Å². The first-order chi connectivity index (χ1) is 9.92. The number of hydrogen-bond acceptors (Lipinski definition) is 5. The van der Waals surface area contributed by atoms with Gasteiger partial charge in [0.25, 0.3) is 0 Å². The Balaban J connectivity index is 1.58. The van der Waals surface area contributed by atoms with Crippen molar-refractivity contribution < 1.29 is 13.7 Å². The molecule has 0 aromatic carbocycles. The summed E-state index contributed by atoms with van der Waals surface area (Å²) in [7, 11) is 0. The van der Waals surface area contributed by atoms with Gasteiger partial charge in [-0.05, 0) is 17.5 Å². The summed E-state index contributed by atoms with van der Waals surface area (Å²) in [5.41, 5.74) is 0.0130. The molecule has 21 heavy (non-hydrogen) atoms. The monoisotopic (exact) mass is 289 g/mol. The Labute approximate surface area is 123 Å². The first-order valence-corrected chi connectivity index (χ1v) is 7.08. The van der Waals surface area contributed by atoms with Gasteiger partial charge < -0.3 is 13.8 Å². The highest BCUT2D eigenvalue weighted by molar-refractivity contribution is 5.77. The van der Waals surface area contributed by atoms with Crippen molar-refractivity contribution in [1.29, 1.82) is 0 Å². The quantitative estimate of drug-likeness (QED) is 0.868. The molecular weight excluding hydrogens is 270 g/mol. The lowest BCUT2D eigenvalue weighted by Gasteiger charge is -2.38. The Hall–Kier alpha value is -2.11. The maximum absolute atomic E-state index is 12.1. The van der Waals surface area contributed by atoms with Crippen molar-refractivity contribution in [3.05, 3.63) is 24.3 Å². The first kappa shape index (κ1) is 13.9. The van der Waals surface area contributed by atoms with Crippen molar-refractivity contribution in [1.82, 2.24) is 15.0 Å². The molecule has 0 saturated carbocycles. The molecule has 1 aliphatic rings. The van der Waals surface area contributed by atoms with Gasteiger partial charge in [-0.1, -0.05) is 25.9 Å². The van der Waals surface area contributed by atoms with Crippen molar-refractivity contribution >= 4 is 5.91 Å². The van der Waals surface area contributed by atoms with Crippen LogP contribution in [0.25, 0.3) is 11.6 Å². The molecule has 0 bridgehead atoms. The number of furan rings is 1. The van der Waals surface area contributed by atoms with Gasteiger partial charge in [-0.2, -0.15) is 4.98 Å². The Bertz CT molecular complexity index is 619. The summed E-state index contributed by atoms with van der Waals surface area (Å²) < 4.78 is 10.5. The minimum absolute atomic E-state index is 0.0130. The van der Waals surface area contributed by atoms with Gasteiger partial charge in [0.15, 0.2) is 5.76 Å². The number of hydrogen-bond donors (Lipinski definition) is 0. The third-order valence-corrected chi connectivity index (χ3v) is 3.45. The molecule has 1 aliphatic heterocycles. The number of nitrogens with zero attached hydrogens (tertiary/aromatic N) is 3. The average Bonchev–Trinajstić information content (AvgIpc) is 2.93. The fourth-order valence-corrected chi connectivity index (χ4v) is 2.31. The fraction of sp³-hybridized carbons (Fsp3) is 0.533. The maximum atomic E-state index is 12.1. The molecule has 3 heterocycles. The minimum atomic E-state index is 0.0130. The standard InChI is InChI=1S/C15H19N3O3/c1-15(2,3)7-12(19)18-8-10(9-18)14-16-13(17-21-14)11-5-4-6-20-11/h4-6,10H,7-9H2,1-3H3. The lowest BCUT2D eigenvalue weighted by molar-refractivity contribution is -0.137. The molecule has 0 spiro atoms. The Morgan fingerprint density at radius 1 is 1.43 bits per heavy atom. The van der Waals surface area contributed by atoms with Crippen molar-refractivity contribution in [2.45, 2.75) is 33.1 Å². The second-order valence-electron chi connectivity index (χ2n) is 6.67. The zero-order valence-corrected chi connectivity index (χ0v) is 12.5. The Morgan fingerprint density at radius 3 is 2.81 bits per heavy atom. The molecule has 0 atom stereocenters. The third-order valence-electron chi connectivity index (χ3n) is 3.45. The maximum Gasteiger partial charge on any atom is 0.238 e. The Morgan fingerprint density at radius 2 is 2.19 bits per heavy atom. The topological polar surface area (TPSA) is 72.4 Å². The van der Waals surface area contributed by atoms with E-state index in [1.54, 1.807) is 18.4 Å². The predicted molar refractivity (Wildman–Crippen MR) is 75.4 cm³/mol. The molecule has 1 fully saturated rings. The molecular formula is C15H19N3O3. The van der Waals surface area contributed by atoms with Crippen LogP contribution in [0, 0.1) is 5.41 Å². The van der Waals surface area contributed by atoms with Crippen LogP contribution in [-0.2, 0) is 4.79 Å². The summed E-state index contributed by atoms with van der Waals surface area (Å²) in [5, 5.41) is 3.91. The number of likely N-dealkylation sites (tertiary alicyclic amines) is 1. The van der Waals surface area contributed by atoms with Crippen molar-refractivity contribution in [2.75, 3.05) is 13.1 Å². The first-order valence-electron chi connectivity index (χ1n) is 7.08. The fourth-order valence-electron chi connectivity index (χ4n) is 2.31. The number of carbonyl (C=O) groups excluding carboxylic acids is 1. The molecule has 2 aromatic rings. The van der Waals surface area contributed by atoms with Gasteiger partial charge in [-0.15, -0.1) is 0 Å². The van der Waals surface area contributed by atoms with Gasteiger partial charge in [-0.3, -0.25) is 4.79 Å². The van der Waals surface area contributed by atoms with Crippen LogP contribution in [0.3, 0.4) is 0 Å². The van der Waals surface area contributed by atoms with Crippen LogP contribution in [0.1, 0.15) is 39.0 Å². The SMILES string of the molecule is CC(C)(C)CC(=O)N1CC(c2nc(-c3ccco3)no2)C1. The van der Waals surface area contributed by atoms with E-state index in [4.69, 9.17) is 8.94 Å². The number of aromatic nitrogens is 2. The lowest BCUT2D eigenvalue weighted by Crippen LogP contribution is -2.49. The number of carbonyl (C=O) groups is 1. The van der Waals surface area contributed by atoms with Gasteiger partial charge in [0.05, 0.1) is 12.2 Å². The predicted octanol–water partition coefficient (Wildman–Crippen LogP) is 2.69. The van der Waals surface area contributed by atoms with Gasteiger partial charge in [0, 0.05) is 19.5 Å². The zero-order valence-electron chi connectivity index (χ0n) is 12.5. The highest BCUT2D eigenvalue weighted by atomic mass is 16.5. The highest BCUT2D eigenvalue weighted by Crippen LogP contribution is 2.30. The minimum Gasteiger partial charge on any atom is -0.461 e. The lowest BCUT2D eigenvalue weighted by atomic mass is 9.90. The van der Waals surface area contributed by atoms with Crippen LogP contribution in [0.5, 0.6) is 0 Å². The van der Waals surface area contributed by atoms with E-state index < -0.39 is 0 Å². The van der Waals surface area contributed by atoms with E-state index in [9.17, 15) is 4.79 Å². The molecule has 2 aromatic heterocycles. The van der Waals surface area contributed by atoms with Crippen LogP contribution in [0.4, 0.5) is 0 Å². The molecule has 6 nitrogen and oxygen atoms in total. The third kappa shape index (κ3) is 2.99. The molecule has 1 saturated heterocycles. The van der Waals surface area contributed by atoms with E-state index in [0.717, 1.165) is 0 Å². The summed E-state index contributed by atoms with van der Waals surface area (Å²) in [6.07, 6.45) is 2.13. The second-order valence-corrected chi connectivity index (χ2v) is 6.67. The van der Waals surface area contributed by atoms with E-state index >= 15 is 0 Å². The van der Waals surface area contributed by atoms with Crippen molar-refractivity contribution in [3.8, 4) is 11.6 Å². The summed E-state index contributed by atoms with van der Waals surface area (Å²) in [6.45, 7) is 7.49. The van der Waals surface area contributed by atoms with E-state index in [-0.39, 0.29) is 17.2 Å². The number of amides is 1. The van der Waals surface area contributed by atoms with Gasteiger partial charge in [0.1, 0.15) is 0 Å². The van der Waals surface area contributed by atoms with E-state index in [1.807, 2.05) is 4.90 Å². The molecule has 6 heteroatoms. The summed E-state index contributed by atoms with van der Waals surface area (Å²) in [5.74, 6) is 1.93. The molecule has 0 aliphatic carbocycles. The van der Waals surface area contributed by atoms with Gasteiger partial charge in [0.2, 0.25) is 17.6 Å². The second kappa shape index (κ2) is 5.02.